The van der Waals surface area contributed by atoms with E-state index in [0.717, 1.165) is 12.1 Å². The molecular weight excluding hydrogens is 361 g/mol. The number of hydrogen-bond donors (Lipinski definition) is 2. The van der Waals surface area contributed by atoms with Crippen molar-refractivity contribution in [2.24, 2.45) is 0 Å². The first-order chi connectivity index (χ1) is 11.4. The summed E-state index contributed by atoms with van der Waals surface area (Å²) < 4.78 is 26.2. The fourth-order valence-electron chi connectivity index (χ4n) is 1.86. The summed E-state index contributed by atoms with van der Waals surface area (Å²) in [5.41, 5.74) is 0.173. The highest BCUT2D eigenvalue weighted by molar-refractivity contribution is 6.42. The molecule has 4 nitrogen and oxygen atoms in total. The van der Waals surface area contributed by atoms with Crippen molar-refractivity contribution in [3.8, 4) is 0 Å². The second kappa shape index (κ2) is 8.08. The topological polar surface area (TPSA) is 58.2 Å². The van der Waals surface area contributed by atoms with Crippen LogP contribution in [-0.2, 0) is 4.79 Å². The van der Waals surface area contributed by atoms with E-state index in [9.17, 15) is 18.4 Å². The van der Waals surface area contributed by atoms with Crippen molar-refractivity contribution in [2.75, 3.05) is 11.9 Å². The van der Waals surface area contributed by atoms with E-state index in [2.05, 4.69) is 10.6 Å². The Kier molecular flexibility index (Phi) is 6.11. The molecule has 0 fully saturated rings. The predicted molar refractivity (Wildman–Crippen MR) is 88.4 cm³/mol. The summed E-state index contributed by atoms with van der Waals surface area (Å²) in [7, 11) is 0. The number of amides is 2. The molecule has 0 radical (unpaired) electrons. The van der Waals surface area contributed by atoms with E-state index >= 15 is 0 Å². The second-order valence-corrected chi connectivity index (χ2v) is 5.62. The highest BCUT2D eigenvalue weighted by Gasteiger charge is 2.12. The molecule has 2 aromatic rings. The Bertz CT molecular complexity index is 785. The number of anilines is 1. The fraction of sp³-hybridized carbons (Fsp3) is 0.125. The molecule has 0 saturated heterocycles. The first-order valence-corrected chi connectivity index (χ1v) is 7.60. The monoisotopic (exact) mass is 372 g/mol. The number of benzene rings is 2. The average molecular weight is 373 g/mol. The van der Waals surface area contributed by atoms with Gasteiger partial charge in [0.05, 0.1) is 15.6 Å². The van der Waals surface area contributed by atoms with E-state index in [1.54, 1.807) is 12.1 Å². The minimum atomic E-state index is -0.965. The van der Waals surface area contributed by atoms with Crippen LogP contribution in [0.25, 0.3) is 0 Å². The lowest BCUT2D eigenvalue weighted by Crippen LogP contribution is -2.28. The van der Waals surface area contributed by atoms with E-state index in [4.69, 9.17) is 23.2 Å². The normalized spacial score (nSPS) is 10.3. The Morgan fingerprint density at radius 2 is 1.75 bits per heavy atom. The summed E-state index contributed by atoms with van der Waals surface area (Å²) in [6, 6.07) is 7.25. The molecule has 0 saturated carbocycles. The SMILES string of the molecule is O=C(CCNC(=O)c1ccc(F)cc1F)Nc1ccc(Cl)c(Cl)c1. The molecule has 126 valence electrons. The smallest absolute Gasteiger partial charge is 0.254 e. The van der Waals surface area contributed by atoms with Crippen molar-refractivity contribution in [1.82, 2.24) is 5.32 Å². The van der Waals surface area contributed by atoms with Gasteiger partial charge >= 0.3 is 0 Å². The van der Waals surface area contributed by atoms with Crippen LogP contribution < -0.4 is 10.6 Å². The quantitative estimate of drug-likeness (QED) is 0.832. The van der Waals surface area contributed by atoms with Crippen LogP contribution in [0.3, 0.4) is 0 Å². The van der Waals surface area contributed by atoms with Crippen molar-refractivity contribution in [3.63, 3.8) is 0 Å². The Hall–Kier alpha value is -2.18. The molecule has 24 heavy (non-hydrogen) atoms. The van der Waals surface area contributed by atoms with Gasteiger partial charge in [-0.3, -0.25) is 9.59 Å². The second-order valence-electron chi connectivity index (χ2n) is 4.81. The summed E-state index contributed by atoms with van der Waals surface area (Å²) in [6.07, 6.45) is -0.0329. The van der Waals surface area contributed by atoms with Crippen molar-refractivity contribution in [1.29, 1.82) is 0 Å². The molecule has 0 aromatic heterocycles. The fourth-order valence-corrected chi connectivity index (χ4v) is 2.15. The number of carbonyl (C=O) groups is 2. The molecule has 8 heteroatoms. The van der Waals surface area contributed by atoms with Gasteiger partial charge in [0.1, 0.15) is 11.6 Å². The average Bonchev–Trinajstić information content (AvgIpc) is 2.50. The van der Waals surface area contributed by atoms with Gasteiger partial charge in [0.2, 0.25) is 5.91 Å². The minimum absolute atomic E-state index is 0.0111. The molecular formula is C16H12Cl2F2N2O2. The van der Waals surface area contributed by atoms with Crippen molar-refractivity contribution < 1.29 is 18.4 Å². The first-order valence-electron chi connectivity index (χ1n) is 6.85. The van der Waals surface area contributed by atoms with Gasteiger partial charge in [-0.15, -0.1) is 0 Å². The van der Waals surface area contributed by atoms with Crippen molar-refractivity contribution in [2.45, 2.75) is 6.42 Å². The maximum absolute atomic E-state index is 13.4. The predicted octanol–water partition coefficient (Wildman–Crippen LogP) is 4.03. The molecule has 2 aromatic carbocycles. The van der Waals surface area contributed by atoms with E-state index in [1.807, 2.05) is 0 Å². The van der Waals surface area contributed by atoms with Crippen LogP contribution in [0.15, 0.2) is 36.4 Å². The molecule has 0 bridgehead atoms. The van der Waals surface area contributed by atoms with Gasteiger partial charge in [-0.1, -0.05) is 23.2 Å². The van der Waals surface area contributed by atoms with Crippen LogP contribution in [0.2, 0.25) is 10.0 Å². The molecule has 0 aliphatic heterocycles. The molecule has 2 rings (SSSR count). The maximum Gasteiger partial charge on any atom is 0.254 e. The van der Waals surface area contributed by atoms with Gasteiger partial charge in [0.15, 0.2) is 0 Å². The third-order valence-corrected chi connectivity index (χ3v) is 3.76. The van der Waals surface area contributed by atoms with Gasteiger partial charge in [0, 0.05) is 24.7 Å². The number of rotatable bonds is 5. The summed E-state index contributed by atoms with van der Waals surface area (Å²) >= 11 is 11.6. The lowest BCUT2D eigenvalue weighted by molar-refractivity contribution is -0.116. The zero-order chi connectivity index (χ0) is 17.7. The number of carbonyl (C=O) groups excluding carboxylic acids is 2. The Morgan fingerprint density at radius 1 is 1.00 bits per heavy atom. The number of nitrogens with one attached hydrogen (secondary N) is 2. The van der Waals surface area contributed by atoms with E-state index in [-0.39, 0.29) is 24.4 Å². The van der Waals surface area contributed by atoms with Crippen LogP contribution in [-0.4, -0.2) is 18.4 Å². The third-order valence-electron chi connectivity index (χ3n) is 3.02. The van der Waals surface area contributed by atoms with Gasteiger partial charge in [-0.2, -0.15) is 0 Å². The summed E-state index contributed by atoms with van der Waals surface area (Å²) in [4.78, 5) is 23.5. The molecule has 2 amide bonds. The lowest BCUT2D eigenvalue weighted by atomic mass is 10.2. The Labute approximate surface area is 146 Å². The van der Waals surface area contributed by atoms with Crippen LogP contribution >= 0.6 is 23.2 Å². The Morgan fingerprint density at radius 3 is 2.42 bits per heavy atom. The molecule has 0 spiro atoms. The first kappa shape index (κ1) is 18.2. The third kappa shape index (κ3) is 4.91. The zero-order valence-electron chi connectivity index (χ0n) is 12.2. The summed E-state index contributed by atoms with van der Waals surface area (Å²) in [5, 5.41) is 5.64. The zero-order valence-corrected chi connectivity index (χ0v) is 13.7. The Balaban J connectivity index is 1.83. The maximum atomic E-state index is 13.4. The van der Waals surface area contributed by atoms with Gasteiger partial charge < -0.3 is 10.6 Å². The van der Waals surface area contributed by atoms with Crippen molar-refractivity contribution in [3.05, 3.63) is 63.6 Å². The summed E-state index contributed by atoms with van der Waals surface area (Å²) in [5.74, 6) is -2.83. The molecule has 0 aliphatic carbocycles. The standard InChI is InChI=1S/C16H12Cl2F2N2O2/c17-12-4-2-10(8-13(12)18)22-15(23)5-6-21-16(24)11-3-1-9(19)7-14(11)20/h1-4,7-8H,5-6H2,(H,21,24)(H,22,23). The molecule has 0 aliphatic rings. The number of hydrogen-bond acceptors (Lipinski definition) is 2. The van der Waals surface area contributed by atoms with E-state index in [0.29, 0.717) is 21.8 Å². The van der Waals surface area contributed by atoms with Crippen LogP contribution in [0, 0.1) is 11.6 Å². The van der Waals surface area contributed by atoms with Crippen LogP contribution in [0.1, 0.15) is 16.8 Å². The highest BCUT2D eigenvalue weighted by Crippen LogP contribution is 2.24. The highest BCUT2D eigenvalue weighted by atomic mass is 35.5. The lowest BCUT2D eigenvalue weighted by Gasteiger charge is -2.08. The molecule has 0 atom stereocenters. The molecule has 2 N–H and O–H groups in total. The summed E-state index contributed by atoms with van der Waals surface area (Å²) in [6.45, 7) is -0.0111. The molecule has 0 heterocycles. The van der Waals surface area contributed by atoms with Crippen LogP contribution in [0.4, 0.5) is 14.5 Å². The minimum Gasteiger partial charge on any atom is -0.351 e. The number of halogens is 4. The van der Waals surface area contributed by atoms with E-state index < -0.39 is 17.5 Å². The van der Waals surface area contributed by atoms with Gasteiger partial charge in [-0.05, 0) is 30.3 Å². The molecule has 0 unspecified atom stereocenters. The van der Waals surface area contributed by atoms with Crippen LogP contribution in [0.5, 0.6) is 0 Å². The van der Waals surface area contributed by atoms with E-state index in [1.165, 1.54) is 6.07 Å². The van der Waals surface area contributed by atoms with Gasteiger partial charge in [0.25, 0.3) is 5.91 Å². The largest absolute Gasteiger partial charge is 0.351 e. The van der Waals surface area contributed by atoms with Crippen molar-refractivity contribution >= 4 is 40.7 Å². The van der Waals surface area contributed by atoms with Gasteiger partial charge in [-0.25, -0.2) is 8.78 Å².